The highest BCUT2D eigenvalue weighted by atomic mass is 19.1. The van der Waals surface area contributed by atoms with E-state index in [0.29, 0.717) is 25.2 Å². The van der Waals surface area contributed by atoms with E-state index in [1.54, 1.807) is 0 Å². The third-order valence-corrected chi connectivity index (χ3v) is 3.27. The van der Waals surface area contributed by atoms with E-state index in [-0.39, 0.29) is 18.2 Å². The molecule has 5 nitrogen and oxygen atoms in total. The maximum absolute atomic E-state index is 12.9. The molecule has 20 heavy (non-hydrogen) atoms. The molecule has 2 rings (SSSR count). The van der Waals surface area contributed by atoms with E-state index in [0.717, 1.165) is 0 Å². The summed E-state index contributed by atoms with van der Waals surface area (Å²) in [6, 6.07) is 4.79. The van der Waals surface area contributed by atoms with E-state index < -0.39 is 17.8 Å². The average molecular weight is 281 g/mol. The van der Waals surface area contributed by atoms with Gasteiger partial charge in [0.2, 0.25) is 5.91 Å². The van der Waals surface area contributed by atoms with Gasteiger partial charge < -0.3 is 15.2 Å². The van der Waals surface area contributed by atoms with Crippen molar-refractivity contribution in [2.75, 3.05) is 13.2 Å². The third-order valence-electron chi connectivity index (χ3n) is 3.27. The number of halogens is 1. The van der Waals surface area contributed by atoms with Crippen molar-refractivity contribution in [1.82, 2.24) is 5.32 Å². The van der Waals surface area contributed by atoms with Crippen molar-refractivity contribution in [1.29, 1.82) is 0 Å². The van der Waals surface area contributed by atoms with Gasteiger partial charge in [-0.3, -0.25) is 9.59 Å². The summed E-state index contributed by atoms with van der Waals surface area (Å²) in [5.41, 5.74) is 0.570. The Morgan fingerprint density at radius 3 is 2.65 bits per heavy atom. The predicted molar refractivity (Wildman–Crippen MR) is 68.5 cm³/mol. The SMILES string of the molecule is O=C(O)C[C@@H](NC(=O)[C@@H]1CCOC1)c1ccc(F)cc1. The van der Waals surface area contributed by atoms with E-state index in [4.69, 9.17) is 9.84 Å². The fourth-order valence-electron chi connectivity index (χ4n) is 2.15. The minimum Gasteiger partial charge on any atom is -0.481 e. The van der Waals surface area contributed by atoms with Crippen LogP contribution in [0.5, 0.6) is 0 Å². The number of carboxylic acid groups (broad SMARTS) is 1. The molecule has 6 heteroatoms. The molecule has 2 N–H and O–H groups in total. The van der Waals surface area contributed by atoms with Gasteiger partial charge in [0.1, 0.15) is 5.82 Å². The Labute approximate surface area is 115 Å². The second kappa shape index (κ2) is 6.47. The summed E-state index contributed by atoms with van der Waals surface area (Å²) in [6.45, 7) is 0.896. The molecule has 0 radical (unpaired) electrons. The first-order valence-electron chi connectivity index (χ1n) is 6.41. The number of nitrogens with one attached hydrogen (secondary N) is 1. The van der Waals surface area contributed by atoms with Crippen LogP contribution in [0.15, 0.2) is 24.3 Å². The minimum atomic E-state index is -1.03. The normalized spacial score (nSPS) is 19.6. The van der Waals surface area contributed by atoms with Crippen LogP contribution in [0.25, 0.3) is 0 Å². The Morgan fingerprint density at radius 2 is 2.10 bits per heavy atom. The number of hydrogen-bond donors (Lipinski definition) is 2. The molecule has 1 heterocycles. The van der Waals surface area contributed by atoms with Crippen LogP contribution >= 0.6 is 0 Å². The van der Waals surface area contributed by atoms with Gasteiger partial charge in [-0.2, -0.15) is 0 Å². The van der Waals surface area contributed by atoms with E-state index in [1.165, 1.54) is 24.3 Å². The number of aliphatic carboxylic acids is 1. The van der Waals surface area contributed by atoms with Crippen molar-refractivity contribution in [3.63, 3.8) is 0 Å². The molecule has 108 valence electrons. The number of benzene rings is 1. The largest absolute Gasteiger partial charge is 0.481 e. The Balaban J connectivity index is 2.08. The number of ether oxygens (including phenoxy) is 1. The molecule has 1 aliphatic heterocycles. The molecule has 0 bridgehead atoms. The van der Waals surface area contributed by atoms with Gasteiger partial charge in [0, 0.05) is 6.61 Å². The van der Waals surface area contributed by atoms with Crippen molar-refractivity contribution < 1.29 is 23.8 Å². The average Bonchev–Trinajstić information content (AvgIpc) is 2.92. The predicted octanol–water partition coefficient (Wildman–Crippen LogP) is 1.49. The zero-order chi connectivity index (χ0) is 14.5. The molecule has 0 unspecified atom stereocenters. The van der Waals surface area contributed by atoms with Crippen LogP contribution in [0.4, 0.5) is 4.39 Å². The quantitative estimate of drug-likeness (QED) is 0.857. The van der Waals surface area contributed by atoms with Crippen molar-refractivity contribution >= 4 is 11.9 Å². The Kier molecular flexibility index (Phi) is 4.68. The zero-order valence-electron chi connectivity index (χ0n) is 10.8. The van der Waals surface area contributed by atoms with E-state index in [2.05, 4.69) is 5.32 Å². The van der Waals surface area contributed by atoms with Gasteiger partial charge in [-0.1, -0.05) is 12.1 Å². The van der Waals surface area contributed by atoms with Gasteiger partial charge in [-0.25, -0.2) is 4.39 Å². The lowest BCUT2D eigenvalue weighted by Crippen LogP contribution is -2.35. The summed E-state index contributed by atoms with van der Waals surface area (Å²) in [7, 11) is 0. The summed E-state index contributed by atoms with van der Waals surface area (Å²) < 4.78 is 18.0. The summed E-state index contributed by atoms with van der Waals surface area (Å²) in [4.78, 5) is 22.9. The summed E-state index contributed by atoms with van der Waals surface area (Å²) in [6.07, 6.45) is 0.389. The molecular formula is C14H16FNO4. The second-order valence-electron chi connectivity index (χ2n) is 4.77. The van der Waals surface area contributed by atoms with Gasteiger partial charge >= 0.3 is 5.97 Å². The van der Waals surface area contributed by atoms with Crippen LogP contribution in [0.3, 0.4) is 0 Å². The molecule has 0 aromatic heterocycles. The maximum atomic E-state index is 12.9. The second-order valence-corrected chi connectivity index (χ2v) is 4.77. The monoisotopic (exact) mass is 281 g/mol. The Bertz CT molecular complexity index is 482. The lowest BCUT2D eigenvalue weighted by molar-refractivity contribution is -0.137. The highest BCUT2D eigenvalue weighted by Crippen LogP contribution is 2.20. The zero-order valence-corrected chi connectivity index (χ0v) is 10.8. The number of carbonyl (C=O) groups excluding carboxylic acids is 1. The Morgan fingerprint density at radius 1 is 1.40 bits per heavy atom. The molecular weight excluding hydrogens is 265 g/mol. The molecule has 1 amide bonds. The lowest BCUT2D eigenvalue weighted by Gasteiger charge is -2.19. The van der Waals surface area contributed by atoms with E-state index >= 15 is 0 Å². The number of hydrogen-bond acceptors (Lipinski definition) is 3. The molecule has 1 fully saturated rings. The van der Waals surface area contributed by atoms with E-state index in [1.807, 2.05) is 0 Å². The van der Waals surface area contributed by atoms with Gasteiger partial charge in [-0.05, 0) is 24.1 Å². The molecule has 1 aromatic carbocycles. The molecule has 0 spiro atoms. The first-order valence-corrected chi connectivity index (χ1v) is 6.41. The summed E-state index contributed by atoms with van der Waals surface area (Å²) >= 11 is 0. The van der Waals surface area contributed by atoms with Gasteiger partial charge in [0.05, 0.1) is 25.0 Å². The standard InChI is InChI=1S/C14H16FNO4/c15-11-3-1-9(2-4-11)12(7-13(17)18)16-14(19)10-5-6-20-8-10/h1-4,10,12H,5-8H2,(H,16,19)(H,17,18)/t10-,12-/m1/s1. The van der Waals surface area contributed by atoms with Crippen molar-refractivity contribution in [2.24, 2.45) is 5.92 Å². The molecule has 1 saturated heterocycles. The molecule has 0 aliphatic carbocycles. The van der Waals surface area contributed by atoms with Crippen molar-refractivity contribution in [3.05, 3.63) is 35.6 Å². The molecule has 2 atom stereocenters. The van der Waals surface area contributed by atoms with Crippen LogP contribution in [0.1, 0.15) is 24.4 Å². The Hall–Kier alpha value is -1.95. The first kappa shape index (κ1) is 14.5. The first-order chi connectivity index (χ1) is 9.56. The molecule has 1 aromatic rings. The molecule has 0 saturated carbocycles. The smallest absolute Gasteiger partial charge is 0.305 e. The third kappa shape index (κ3) is 3.77. The highest BCUT2D eigenvalue weighted by Gasteiger charge is 2.26. The topological polar surface area (TPSA) is 75.6 Å². The van der Waals surface area contributed by atoms with Crippen LogP contribution in [-0.4, -0.2) is 30.2 Å². The molecule has 1 aliphatic rings. The van der Waals surface area contributed by atoms with Gasteiger partial charge in [0.25, 0.3) is 0 Å². The van der Waals surface area contributed by atoms with Crippen LogP contribution in [0.2, 0.25) is 0 Å². The number of carboxylic acids is 1. The summed E-state index contributed by atoms with van der Waals surface area (Å²) in [5, 5.41) is 11.6. The van der Waals surface area contributed by atoms with Crippen LogP contribution in [-0.2, 0) is 14.3 Å². The van der Waals surface area contributed by atoms with Crippen LogP contribution in [0, 0.1) is 11.7 Å². The van der Waals surface area contributed by atoms with Crippen molar-refractivity contribution in [2.45, 2.75) is 18.9 Å². The minimum absolute atomic E-state index is 0.224. The number of amides is 1. The number of rotatable bonds is 5. The van der Waals surface area contributed by atoms with Gasteiger partial charge in [-0.15, -0.1) is 0 Å². The van der Waals surface area contributed by atoms with Gasteiger partial charge in [0.15, 0.2) is 0 Å². The van der Waals surface area contributed by atoms with Crippen LogP contribution < -0.4 is 5.32 Å². The maximum Gasteiger partial charge on any atom is 0.305 e. The van der Waals surface area contributed by atoms with E-state index in [9.17, 15) is 14.0 Å². The fraction of sp³-hybridized carbons (Fsp3) is 0.429. The highest BCUT2D eigenvalue weighted by molar-refractivity contribution is 5.80. The number of carbonyl (C=O) groups is 2. The fourth-order valence-corrected chi connectivity index (χ4v) is 2.15. The summed E-state index contributed by atoms with van der Waals surface area (Å²) in [5.74, 6) is -1.90. The van der Waals surface area contributed by atoms with Crippen molar-refractivity contribution in [3.8, 4) is 0 Å². The lowest BCUT2D eigenvalue weighted by atomic mass is 10.0.